The largest absolute Gasteiger partial charge is 0.385 e. The second kappa shape index (κ2) is 6.92. The SMILES string of the molecule is CC(C)OCCN(C)CC1CCNc2ccccc21. The van der Waals surface area contributed by atoms with Gasteiger partial charge in [-0.25, -0.2) is 0 Å². The fourth-order valence-electron chi connectivity index (χ4n) is 2.65. The van der Waals surface area contributed by atoms with Crippen LogP contribution in [0.15, 0.2) is 24.3 Å². The maximum Gasteiger partial charge on any atom is 0.0596 e. The molecule has 0 aliphatic carbocycles. The highest BCUT2D eigenvalue weighted by Crippen LogP contribution is 2.31. The topological polar surface area (TPSA) is 24.5 Å². The molecule has 3 heteroatoms. The number of anilines is 1. The molecule has 0 saturated heterocycles. The summed E-state index contributed by atoms with van der Waals surface area (Å²) < 4.78 is 5.62. The zero-order chi connectivity index (χ0) is 13.7. The molecule has 0 amide bonds. The van der Waals surface area contributed by atoms with Crippen LogP contribution in [-0.2, 0) is 4.74 Å². The number of para-hydroxylation sites is 1. The minimum Gasteiger partial charge on any atom is -0.385 e. The third kappa shape index (κ3) is 4.22. The molecule has 1 atom stereocenters. The van der Waals surface area contributed by atoms with Crippen molar-refractivity contribution in [1.82, 2.24) is 4.90 Å². The van der Waals surface area contributed by atoms with Crippen molar-refractivity contribution >= 4 is 5.69 Å². The number of fused-ring (bicyclic) bond motifs is 1. The Bertz CT molecular complexity index is 392. The van der Waals surface area contributed by atoms with Crippen molar-refractivity contribution in [2.45, 2.75) is 32.3 Å². The third-order valence-electron chi connectivity index (χ3n) is 3.67. The van der Waals surface area contributed by atoms with Gasteiger partial charge < -0.3 is 15.0 Å². The predicted octanol–water partition coefficient (Wildman–Crippen LogP) is 2.94. The Labute approximate surface area is 116 Å². The number of ether oxygens (including phenoxy) is 1. The van der Waals surface area contributed by atoms with Crippen LogP contribution in [0.5, 0.6) is 0 Å². The molecular weight excluding hydrogens is 236 g/mol. The summed E-state index contributed by atoms with van der Waals surface area (Å²) in [6, 6.07) is 8.68. The van der Waals surface area contributed by atoms with Crippen LogP contribution >= 0.6 is 0 Å². The summed E-state index contributed by atoms with van der Waals surface area (Å²) in [6.07, 6.45) is 1.54. The van der Waals surface area contributed by atoms with Crippen molar-refractivity contribution in [2.24, 2.45) is 0 Å². The van der Waals surface area contributed by atoms with Gasteiger partial charge in [0.2, 0.25) is 0 Å². The van der Waals surface area contributed by atoms with Gasteiger partial charge in [-0.05, 0) is 38.9 Å². The lowest BCUT2D eigenvalue weighted by Crippen LogP contribution is -2.31. The Morgan fingerprint density at radius 2 is 2.16 bits per heavy atom. The lowest BCUT2D eigenvalue weighted by molar-refractivity contribution is 0.0627. The monoisotopic (exact) mass is 262 g/mol. The fraction of sp³-hybridized carbons (Fsp3) is 0.625. The first kappa shape index (κ1) is 14.4. The maximum atomic E-state index is 5.62. The summed E-state index contributed by atoms with van der Waals surface area (Å²) in [6.45, 7) is 8.19. The molecule has 1 aliphatic heterocycles. The molecule has 1 aromatic carbocycles. The van der Waals surface area contributed by atoms with Crippen LogP contribution in [0.4, 0.5) is 5.69 Å². The van der Waals surface area contributed by atoms with Crippen LogP contribution in [0.2, 0.25) is 0 Å². The van der Waals surface area contributed by atoms with Crippen LogP contribution in [0, 0.1) is 0 Å². The third-order valence-corrected chi connectivity index (χ3v) is 3.67. The number of hydrogen-bond acceptors (Lipinski definition) is 3. The summed E-state index contributed by atoms with van der Waals surface area (Å²) >= 11 is 0. The molecule has 0 radical (unpaired) electrons. The Hall–Kier alpha value is -1.06. The van der Waals surface area contributed by atoms with Crippen molar-refractivity contribution < 1.29 is 4.74 Å². The highest BCUT2D eigenvalue weighted by atomic mass is 16.5. The van der Waals surface area contributed by atoms with Crippen molar-refractivity contribution in [3.05, 3.63) is 29.8 Å². The molecule has 106 valence electrons. The fourth-order valence-corrected chi connectivity index (χ4v) is 2.65. The lowest BCUT2D eigenvalue weighted by Gasteiger charge is -2.30. The highest BCUT2D eigenvalue weighted by molar-refractivity contribution is 5.54. The highest BCUT2D eigenvalue weighted by Gasteiger charge is 2.20. The molecule has 1 N–H and O–H groups in total. The maximum absolute atomic E-state index is 5.62. The Morgan fingerprint density at radius 3 is 2.95 bits per heavy atom. The average Bonchev–Trinajstić information content (AvgIpc) is 2.39. The average molecular weight is 262 g/mol. The number of nitrogens with one attached hydrogen (secondary N) is 1. The summed E-state index contributed by atoms with van der Waals surface area (Å²) in [5.74, 6) is 0.640. The molecule has 0 bridgehead atoms. The van der Waals surface area contributed by atoms with Crippen LogP contribution in [0.25, 0.3) is 0 Å². The van der Waals surface area contributed by atoms with E-state index in [9.17, 15) is 0 Å². The second-order valence-corrected chi connectivity index (χ2v) is 5.68. The molecule has 1 heterocycles. The van der Waals surface area contributed by atoms with Crippen LogP contribution in [-0.4, -0.2) is 44.3 Å². The van der Waals surface area contributed by atoms with E-state index >= 15 is 0 Å². The first-order valence-corrected chi connectivity index (χ1v) is 7.29. The Morgan fingerprint density at radius 1 is 1.37 bits per heavy atom. The second-order valence-electron chi connectivity index (χ2n) is 5.68. The van der Waals surface area contributed by atoms with Gasteiger partial charge in [-0.3, -0.25) is 0 Å². The van der Waals surface area contributed by atoms with E-state index in [0.717, 1.165) is 26.2 Å². The summed E-state index contributed by atoms with van der Waals surface area (Å²) in [5.41, 5.74) is 2.77. The molecular formula is C16H26N2O. The molecule has 1 unspecified atom stereocenters. The van der Waals surface area contributed by atoms with E-state index in [0.29, 0.717) is 12.0 Å². The normalized spacial score (nSPS) is 18.5. The number of nitrogens with zero attached hydrogens (tertiary/aromatic N) is 1. The first-order valence-electron chi connectivity index (χ1n) is 7.29. The Balaban J connectivity index is 1.86. The van der Waals surface area contributed by atoms with Gasteiger partial charge in [0.05, 0.1) is 12.7 Å². The van der Waals surface area contributed by atoms with Crippen molar-refractivity contribution in [3.63, 3.8) is 0 Å². The van der Waals surface area contributed by atoms with Gasteiger partial charge in [-0.1, -0.05) is 18.2 Å². The van der Waals surface area contributed by atoms with Gasteiger partial charge in [0, 0.05) is 31.2 Å². The van der Waals surface area contributed by atoms with E-state index in [1.54, 1.807) is 0 Å². The van der Waals surface area contributed by atoms with Crippen molar-refractivity contribution in [2.75, 3.05) is 38.6 Å². The summed E-state index contributed by atoms with van der Waals surface area (Å²) in [7, 11) is 2.19. The van der Waals surface area contributed by atoms with Crippen LogP contribution in [0.1, 0.15) is 31.7 Å². The van der Waals surface area contributed by atoms with Crippen molar-refractivity contribution in [3.8, 4) is 0 Å². The number of hydrogen-bond donors (Lipinski definition) is 1. The molecule has 1 aliphatic rings. The van der Waals surface area contributed by atoms with Gasteiger partial charge in [-0.2, -0.15) is 0 Å². The summed E-state index contributed by atoms with van der Waals surface area (Å²) in [5, 5.41) is 3.48. The van der Waals surface area contributed by atoms with Gasteiger partial charge in [0.1, 0.15) is 0 Å². The molecule has 0 spiro atoms. The molecule has 2 rings (SSSR count). The van der Waals surface area contributed by atoms with E-state index in [1.165, 1.54) is 17.7 Å². The zero-order valence-electron chi connectivity index (χ0n) is 12.4. The minimum atomic E-state index is 0.327. The zero-order valence-corrected chi connectivity index (χ0v) is 12.4. The molecule has 0 aromatic heterocycles. The number of rotatable bonds is 6. The van der Waals surface area contributed by atoms with Crippen LogP contribution in [0.3, 0.4) is 0 Å². The van der Waals surface area contributed by atoms with Gasteiger partial charge in [-0.15, -0.1) is 0 Å². The minimum absolute atomic E-state index is 0.327. The summed E-state index contributed by atoms with van der Waals surface area (Å²) in [4.78, 5) is 2.38. The molecule has 0 fully saturated rings. The predicted molar refractivity (Wildman–Crippen MR) is 80.9 cm³/mol. The molecule has 19 heavy (non-hydrogen) atoms. The van der Waals surface area contributed by atoms with E-state index in [4.69, 9.17) is 4.74 Å². The smallest absolute Gasteiger partial charge is 0.0596 e. The molecule has 3 nitrogen and oxygen atoms in total. The van der Waals surface area contributed by atoms with E-state index < -0.39 is 0 Å². The lowest BCUT2D eigenvalue weighted by atomic mass is 9.90. The van der Waals surface area contributed by atoms with E-state index in [2.05, 4.69) is 55.4 Å². The standard InChI is InChI=1S/C16H26N2O/c1-13(2)19-11-10-18(3)12-14-8-9-17-16-7-5-4-6-15(14)16/h4-7,13-14,17H,8-12H2,1-3H3. The van der Waals surface area contributed by atoms with Crippen LogP contribution < -0.4 is 5.32 Å². The van der Waals surface area contributed by atoms with Gasteiger partial charge >= 0.3 is 0 Å². The van der Waals surface area contributed by atoms with E-state index in [1.807, 2.05) is 0 Å². The Kier molecular flexibility index (Phi) is 5.23. The van der Waals surface area contributed by atoms with E-state index in [-0.39, 0.29) is 0 Å². The number of likely N-dealkylation sites (N-methyl/N-ethyl adjacent to an activating group) is 1. The van der Waals surface area contributed by atoms with Gasteiger partial charge in [0.25, 0.3) is 0 Å². The first-order chi connectivity index (χ1) is 9.16. The van der Waals surface area contributed by atoms with Crippen molar-refractivity contribution in [1.29, 1.82) is 0 Å². The molecule has 1 aromatic rings. The molecule has 0 saturated carbocycles. The van der Waals surface area contributed by atoms with Gasteiger partial charge in [0.15, 0.2) is 0 Å². The quantitative estimate of drug-likeness (QED) is 0.853. The number of benzene rings is 1.